The van der Waals surface area contributed by atoms with Gasteiger partial charge in [0.1, 0.15) is 17.2 Å². The highest BCUT2D eigenvalue weighted by Gasteiger charge is 2.35. The number of nitrogens with one attached hydrogen (secondary N) is 1. The highest BCUT2D eigenvalue weighted by atomic mass is 127. The zero-order valence-corrected chi connectivity index (χ0v) is 16.2. The number of para-hydroxylation sites is 1. The highest BCUT2D eigenvalue weighted by molar-refractivity contribution is 14.1. The predicted molar refractivity (Wildman–Crippen MR) is 102 cm³/mol. The molecule has 5 nitrogen and oxygen atoms in total. The van der Waals surface area contributed by atoms with Gasteiger partial charge in [-0.2, -0.15) is 0 Å². The van der Waals surface area contributed by atoms with E-state index in [0.717, 1.165) is 4.90 Å². The lowest BCUT2D eigenvalue weighted by Crippen LogP contribution is -2.54. The Morgan fingerprint density at radius 1 is 1.33 bits per heavy atom. The van der Waals surface area contributed by atoms with E-state index in [9.17, 15) is 14.0 Å². The zero-order valence-electron chi connectivity index (χ0n) is 11.7. The molecule has 2 heterocycles. The maximum Gasteiger partial charge on any atom is 0.270 e. The molecule has 1 aliphatic heterocycles. The molecule has 1 N–H and O–H groups in total. The van der Waals surface area contributed by atoms with Crippen LogP contribution in [0.4, 0.5) is 10.1 Å². The number of furan rings is 1. The van der Waals surface area contributed by atoms with E-state index in [-0.39, 0.29) is 16.4 Å². The Morgan fingerprint density at radius 3 is 2.67 bits per heavy atom. The third-order valence-electron chi connectivity index (χ3n) is 3.15. The fraction of sp³-hybridized carbons (Fsp3) is 0. The van der Waals surface area contributed by atoms with Crippen molar-refractivity contribution in [3.63, 3.8) is 0 Å². The number of benzene rings is 1. The normalized spacial score (nSPS) is 16.7. The lowest BCUT2D eigenvalue weighted by Gasteiger charge is -2.28. The van der Waals surface area contributed by atoms with Crippen molar-refractivity contribution in [2.45, 2.75) is 0 Å². The summed E-state index contributed by atoms with van der Waals surface area (Å²) in [6, 6.07) is 7.29. The van der Waals surface area contributed by atoms with E-state index in [4.69, 9.17) is 16.6 Å². The summed E-state index contributed by atoms with van der Waals surface area (Å²) in [4.78, 5) is 25.7. The van der Waals surface area contributed by atoms with E-state index in [0.29, 0.717) is 14.0 Å². The second-order valence-electron chi connectivity index (χ2n) is 4.68. The van der Waals surface area contributed by atoms with E-state index < -0.39 is 17.6 Å². The number of halogens is 3. The van der Waals surface area contributed by atoms with Gasteiger partial charge >= 0.3 is 0 Å². The molecule has 0 atom stereocenters. The third-order valence-corrected chi connectivity index (χ3v) is 5.56. The molecule has 0 bridgehead atoms. The van der Waals surface area contributed by atoms with Gasteiger partial charge in [-0.15, -0.1) is 0 Å². The van der Waals surface area contributed by atoms with E-state index in [1.54, 1.807) is 12.1 Å². The second kappa shape index (κ2) is 6.73. The second-order valence-corrected chi connectivity index (χ2v) is 6.90. The Morgan fingerprint density at radius 2 is 2.04 bits per heavy atom. The summed E-state index contributed by atoms with van der Waals surface area (Å²) >= 11 is 10.3. The van der Waals surface area contributed by atoms with Crippen LogP contribution in [0.2, 0.25) is 0 Å². The van der Waals surface area contributed by atoms with Crippen LogP contribution in [0.3, 0.4) is 0 Å². The van der Waals surface area contributed by atoms with E-state index >= 15 is 0 Å². The SMILES string of the molecule is O=C1NC(=S)N(c2ccccc2F)C(=O)/C1=C/c1cc(Br)c(I)o1. The molecule has 1 aromatic heterocycles. The number of anilines is 1. The van der Waals surface area contributed by atoms with Crippen LogP contribution in [0.1, 0.15) is 5.76 Å². The Bertz CT molecular complexity index is 892. The summed E-state index contributed by atoms with van der Waals surface area (Å²) < 4.78 is 20.7. The zero-order chi connectivity index (χ0) is 17.4. The number of hydrogen-bond acceptors (Lipinski definition) is 4. The average Bonchev–Trinajstić information content (AvgIpc) is 2.83. The summed E-state index contributed by atoms with van der Waals surface area (Å²) in [7, 11) is 0. The molecule has 9 heteroatoms. The maximum absolute atomic E-state index is 14.0. The molecule has 2 amide bonds. The summed E-state index contributed by atoms with van der Waals surface area (Å²) in [5.74, 6) is -1.71. The van der Waals surface area contributed by atoms with Gasteiger partial charge in [0.15, 0.2) is 8.88 Å². The highest BCUT2D eigenvalue weighted by Crippen LogP contribution is 2.27. The van der Waals surface area contributed by atoms with E-state index in [1.807, 2.05) is 22.6 Å². The Kier molecular flexibility index (Phi) is 4.83. The first-order valence-electron chi connectivity index (χ1n) is 6.49. The van der Waals surface area contributed by atoms with Gasteiger partial charge in [-0.25, -0.2) is 9.29 Å². The molecule has 0 aliphatic carbocycles. The van der Waals surface area contributed by atoms with Crippen LogP contribution in [0.5, 0.6) is 0 Å². The summed E-state index contributed by atoms with van der Waals surface area (Å²) in [5.41, 5.74) is -0.238. The van der Waals surface area contributed by atoms with Crippen molar-refractivity contribution in [1.29, 1.82) is 0 Å². The van der Waals surface area contributed by atoms with Gasteiger partial charge in [0.2, 0.25) is 0 Å². The van der Waals surface area contributed by atoms with Crippen molar-refractivity contribution in [2.75, 3.05) is 4.90 Å². The van der Waals surface area contributed by atoms with Crippen LogP contribution in [-0.4, -0.2) is 16.9 Å². The Hall–Kier alpha value is -1.59. The number of rotatable bonds is 2. The predicted octanol–water partition coefficient (Wildman–Crippen LogP) is 3.62. The minimum absolute atomic E-state index is 0.0337. The molecule has 3 rings (SSSR count). The lowest BCUT2D eigenvalue weighted by molar-refractivity contribution is -0.122. The third kappa shape index (κ3) is 3.15. The maximum atomic E-state index is 14.0. The van der Waals surface area contributed by atoms with Gasteiger partial charge in [-0.3, -0.25) is 14.9 Å². The van der Waals surface area contributed by atoms with Crippen molar-refractivity contribution < 1.29 is 18.4 Å². The topological polar surface area (TPSA) is 62.6 Å². The number of carbonyl (C=O) groups excluding carboxylic acids is 2. The first-order valence-corrected chi connectivity index (χ1v) is 8.77. The summed E-state index contributed by atoms with van der Waals surface area (Å²) in [6.45, 7) is 0. The summed E-state index contributed by atoms with van der Waals surface area (Å²) in [6.07, 6.45) is 1.29. The number of hydrogen-bond donors (Lipinski definition) is 1. The van der Waals surface area contributed by atoms with Crippen LogP contribution in [0, 0.1) is 9.58 Å². The molecule has 0 radical (unpaired) electrons. The van der Waals surface area contributed by atoms with Crippen LogP contribution in [0.25, 0.3) is 6.08 Å². The molecule has 0 saturated carbocycles. The molecule has 1 fully saturated rings. The van der Waals surface area contributed by atoms with Crippen LogP contribution in [-0.2, 0) is 9.59 Å². The van der Waals surface area contributed by atoms with Crippen molar-refractivity contribution in [3.05, 3.63) is 55.7 Å². The number of carbonyl (C=O) groups is 2. The van der Waals surface area contributed by atoms with Gasteiger partial charge in [-0.1, -0.05) is 12.1 Å². The molecule has 122 valence electrons. The molecule has 1 aliphatic rings. The smallest absolute Gasteiger partial charge is 0.270 e. The minimum Gasteiger partial charge on any atom is -0.450 e. The van der Waals surface area contributed by atoms with Gasteiger partial charge in [0.25, 0.3) is 11.8 Å². The van der Waals surface area contributed by atoms with Gasteiger partial charge < -0.3 is 4.42 Å². The van der Waals surface area contributed by atoms with E-state index in [2.05, 4.69) is 21.2 Å². The average molecular weight is 521 g/mol. The number of nitrogens with zero attached hydrogens (tertiary/aromatic N) is 1. The number of thiocarbonyl (C=S) groups is 1. The van der Waals surface area contributed by atoms with Crippen molar-refractivity contribution in [1.82, 2.24) is 5.32 Å². The molecule has 1 aromatic carbocycles. The standard InChI is InChI=1S/C15H7BrFIN2O3S/c16-9-6-7(23-12(9)18)5-8-13(21)19-15(24)20(14(8)22)11-4-2-1-3-10(11)17/h1-6H,(H,19,21,24)/b8-5+. The summed E-state index contributed by atoms with van der Waals surface area (Å²) in [5, 5.41) is 2.21. The molecule has 24 heavy (non-hydrogen) atoms. The van der Waals surface area contributed by atoms with Crippen LogP contribution in [0.15, 0.2) is 44.8 Å². The first kappa shape index (κ1) is 17.2. The fourth-order valence-electron chi connectivity index (χ4n) is 2.09. The molecule has 1 saturated heterocycles. The van der Waals surface area contributed by atoms with Crippen molar-refractivity contribution in [2.24, 2.45) is 0 Å². The van der Waals surface area contributed by atoms with Crippen LogP contribution >= 0.6 is 50.7 Å². The van der Waals surface area contributed by atoms with Crippen molar-refractivity contribution >= 4 is 79.4 Å². The molecule has 2 aromatic rings. The van der Waals surface area contributed by atoms with Crippen molar-refractivity contribution in [3.8, 4) is 0 Å². The minimum atomic E-state index is -0.726. The van der Waals surface area contributed by atoms with Gasteiger partial charge in [-0.05, 0) is 52.4 Å². The quantitative estimate of drug-likeness (QED) is 0.284. The Labute approximate surface area is 163 Å². The Balaban J connectivity index is 2.05. The van der Waals surface area contributed by atoms with Crippen LogP contribution < -0.4 is 10.2 Å². The molecular formula is C15H7BrFIN2O3S. The van der Waals surface area contributed by atoms with Gasteiger partial charge in [0.05, 0.1) is 10.2 Å². The number of amides is 2. The first-order chi connectivity index (χ1) is 11.4. The molecular weight excluding hydrogens is 514 g/mol. The lowest BCUT2D eigenvalue weighted by atomic mass is 10.1. The van der Waals surface area contributed by atoms with E-state index in [1.165, 1.54) is 24.3 Å². The molecule has 0 unspecified atom stereocenters. The monoisotopic (exact) mass is 520 g/mol. The van der Waals surface area contributed by atoms with Gasteiger partial charge in [0, 0.05) is 22.6 Å². The molecule has 0 spiro atoms. The fourth-order valence-corrected chi connectivity index (χ4v) is 3.08. The largest absolute Gasteiger partial charge is 0.450 e.